The highest BCUT2D eigenvalue weighted by atomic mass is 35.7. The summed E-state index contributed by atoms with van der Waals surface area (Å²) < 4.78 is 40.6. The highest BCUT2D eigenvalue weighted by Gasteiger charge is 2.49. The minimum atomic E-state index is -4.07. The number of aryl methyl sites for hydroxylation is 1. The van der Waals surface area contributed by atoms with Gasteiger partial charge in [0.15, 0.2) is 0 Å². The first-order chi connectivity index (χ1) is 10.6. The van der Waals surface area contributed by atoms with Crippen molar-refractivity contribution in [3.05, 3.63) is 29.8 Å². The van der Waals surface area contributed by atoms with Gasteiger partial charge in [-0.3, -0.25) is 9.24 Å². The molecule has 1 aromatic rings. The van der Waals surface area contributed by atoms with Crippen LogP contribution in [0.1, 0.15) is 32.8 Å². The fourth-order valence-electron chi connectivity index (χ4n) is 2.24. The zero-order valence-corrected chi connectivity index (χ0v) is 16.1. The second-order valence-corrected chi connectivity index (χ2v) is 11.0. The van der Waals surface area contributed by atoms with Gasteiger partial charge in [-0.1, -0.05) is 42.7 Å². The standard InChI is InChI=1S/C14H21ClN3O3PS/c1-5-14-16-18(22(15,19)17(14)10-11(2)3)23(20,21)13-8-6-12(4)7-9-13/h6-9,11H,5,10H2,1-4H3. The minimum Gasteiger partial charge on any atom is -0.279 e. The summed E-state index contributed by atoms with van der Waals surface area (Å²) in [6.07, 6.45) is 0.448. The molecule has 0 saturated heterocycles. The molecule has 0 amide bonds. The third-order valence-corrected chi connectivity index (χ3v) is 8.83. The molecule has 0 N–H and O–H groups in total. The van der Waals surface area contributed by atoms with Gasteiger partial charge in [-0.2, -0.15) is 8.42 Å². The maximum Gasteiger partial charge on any atom is 0.383 e. The van der Waals surface area contributed by atoms with Gasteiger partial charge in [0.25, 0.3) is 10.0 Å². The normalized spacial score (nSPS) is 21.9. The van der Waals surface area contributed by atoms with E-state index in [9.17, 15) is 13.0 Å². The number of rotatable bonds is 5. The molecule has 1 heterocycles. The molecule has 1 aliphatic rings. The van der Waals surface area contributed by atoms with Crippen molar-refractivity contribution in [3.63, 3.8) is 0 Å². The predicted molar refractivity (Wildman–Crippen MR) is 92.9 cm³/mol. The van der Waals surface area contributed by atoms with E-state index in [0.29, 0.717) is 23.0 Å². The van der Waals surface area contributed by atoms with Crippen LogP contribution in [0.25, 0.3) is 0 Å². The van der Waals surface area contributed by atoms with E-state index >= 15 is 0 Å². The third-order valence-electron chi connectivity index (χ3n) is 3.40. The zero-order valence-electron chi connectivity index (χ0n) is 13.6. The van der Waals surface area contributed by atoms with Crippen LogP contribution < -0.4 is 0 Å². The number of halogens is 1. The van der Waals surface area contributed by atoms with E-state index in [1.165, 1.54) is 16.8 Å². The van der Waals surface area contributed by atoms with Crippen molar-refractivity contribution < 1.29 is 13.0 Å². The molecule has 0 bridgehead atoms. The number of sulfonamides is 1. The molecule has 0 aromatic heterocycles. The van der Waals surface area contributed by atoms with Gasteiger partial charge in [0, 0.05) is 13.0 Å². The summed E-state index contributed by atoms with van der Waals surface area (Å²) in [7, 11) is -4.07. The number of amidine groups is 1. The second kappa shape index (κ2) is 6.46. The van der Waals surface area contributed by atoms with Crippen LogP contribution in [0.2, 0.25) is 0 Å². The van der Waals surface area contributed by atoms with Gasteiger partial charge in [-0.15, -0.1) is 5.10 Å². The number of hydrogen-bond donors (Lipinski definition) is 0. The summed E-state index contributed by atoms with van der Waals surface area (Å²) in [4.78, 5) is 0.0228. The topological polar surface area (TPSA) is 70.0 Å². The Balaban J connectivity index is 2.48. The highest BCUT2D eigenvalue weighted by Crippen LogP contribution is 2.64. The first kappa shape index (κ1) is 18.3. The SMILES string of the molecule is CCC1=NN(S(=O)(=O)c2ccc(C)cc2)P(=O)(Cl)N1CC(C)C. The second-order valence-electron chi connectivity index (χ2n) is 5.86. The van der Waals surface area contributed by atoms with Gasteiger partial charge < -0.3 is 0 Å². The van der Waals surface area contributed by atoms with Crippen LogP contribution >= 0.6 is 18.0 Å². The van der Waals surface area contributed by atoms with Gasteiger partial charge in [-0.25, -0.2) is 0 Å². The van der Waals surface area contributed by atoms with Crippen LogP contribution in [0.15, 0.2) is 34.3 Å². The molecule has 1 aromatic carbocycles. The molecule has 0 saturated carbocycles. The van der Waals surface area contributed by atoms with Crippen molar-refractivity contribution >= 4 is 33.9 Å². The monoisotopic (exact) mass is 377 g/mol. The van der Waals surface area contributed by atoms with Crippen molar-refractivity contribution in [1.82, 2.24) is 8.86 Å². The highest BCUT2D eigenvalue weighted by molar-refractivity contribution is 8.01. The minimum absolute atomic E-state index is 0.0228. The zero-order chi connectivity index (χ0) is 17.4. The molecule has 0 aliphatic carbocycles. The molecule has 6 nitrogen and oxygen atoms in total. The Morgan fingerprint density at radius 3 is 2.30 bits per heavy atom. The van der Waals surface area contributed by atoms with E-state index in [4.69, 9.17) is 11.2 Å². The Hall–Kier alpha value is -1.04. The average Bonchev–Trinajstić information content (AvgIpc) is 2.71. The van der Waals surface area contributed by atoms with Crippen LogP contribution in [0, 0.1) is 12.8 Å². The Morgan fingerprint density at radius 1 is 1.26 bits per heavy atom. The lowest BCUT2D eigenvalue weighted by Crippen LogP contribution is -2.28. The molecule has 0 radical (unpaired) electrons. The molecule has 0 spiro atoms. The van der Waals surface area contributed by atoms with Gasteiger partial charge in [0.2, 0.25) is 0 Å². The van der Waals surface area contributed by atoms with Crippen molar-refractivity contribution in [2.75, 3.05) is 6.54 Å². The summed E-state index contributed by atoms with van der Waals surface area (Å²) in [5.74, 6) is 0.591. The van der Waals surface area contributed by atoms with Crippen molar-refractivity contribution in [1.29, 1.82) is 0 Å². The lowest BCUT2D eigenvalue weighted by Gasteiger charge is -2.27. The molecule has 1 unspecified atom stereocenters. The largest absolute Gasteiger partial charge is 0.383 e. The quantitative estimate of drug-likeness (QED) is 0.726. The maximum atomic E-state index is 13.0. The Labute approximate surface area is 142 Å². The molecule has 0 fully saturated rings. The molecular weight excluding hydrogens is 357 g/mol. The van der Waals surface area contributed by atoms with Crippen LogP contribution in [-0.2, 0) is 14.6 Å². The lowest BCUT2D eigenvalue weighted by atomic mass is 10.2. The lowest BCUT2D eigenvalue weighted by molar-refractivity contribution is 0.462. The summed E-state index contributed by atoms with van der Waals surface area (Å²) in [5, 5.41) is 4.06. The van der Waals surface area contributed by atoms with E-state index in [-0.39, 0.29) is 10.8 Å². The fourth-order valence-corrected chi connectivity index (χ4v) is 7.39. The van der Waals surface area contributed by atoms with E-state index in [1.807, 2.05) is 27.7 Å². The summed E-state index contributed by atoms with van der Waals surface area (Å²) in [6, 6.07) is 6.29. The molecule has 1 atom stereocenters. The predicted octanol–water partition coefficient (Wildman–Crippen LogP) is 4.03. The third kappa shape index (κ3) is 3.42. The van der Waals surface area contributed by atoms with Crippen molar-refractivity contribution in [2.45, 2.75) is 39.0 Å². The number of hydrazone groups is 1. The Morgan fingerprint density at radius 2 is 1.83 bits per heavy atom. The van der Waals surface area contributed by atoms with E-state index < -0.39 is 16.8 Å². The molecular formula is C14H21ClN3O3PS. The molecule has 1 aliphatic heterocycles. The molecule has 2 rings (SSSR count). The average molecular weight is 378 g/mol. The van der Waals surface area contributed by atoms with Crippen LogP contribution in [0.3, 0.4) is 0 Å². The molecule has 23 heavy (non-hydrogen) atoms. The fraction of sp³-hybridized carbons (Fsp3) is 0.500. The molecule has 128 valence electrons. The van der Waals surface area contributed by atoms with Gasteiger partial charge in [-0.05, 0) is 36.2 Å². The number of nitrogens with zero attached hydrogens (tertiary/aromatic N) is 3. The van der Waals surface area contributed by atoms with Crippen LogP contribution in [-0.4, -0.2) is 29.7 Å². The van der Waals surface area contributed by atoms with Crippen molar-refractivity contribution in [3.8, 4) is 0 Å². The van der Waals surface area contributed by atoms with E-state index in [0.717, 1.165) is 5.56 Å². The summed E-state index contributed by atoms with van der Waals surface area (Å²) in [6.45, 7) is 4.11. The maximum absolute atomic E-state index is 13.0. The molecule has 9 heteroatoms. The van der Waals surface area contributed by atoms with E-state index in [2.05, 4.69) is 5.10 Å². The van der Waals surface area contributed by atoms with Gasteiger partial charge >= 0.3 is 6.80 Å². The van der Waals surface area contributed by atoms with Crippen molar-refractivity contribution in [2.24, 2.45) is 11.0 Å². The summed E-state index contributed by atoms with van der Waals surface area (Å²) >= 11 is 6.20. The smallest absolute Gasteiger partial charge is 0.279 e. The van der Waals surface area contributed by atoms with E-state index in [1.54, 1.807) is 12.1 Å². The number of hydrogen-bond acceptors (Lipinski definition) is 4. The van der Waals surface area contributed by atoms with Crippen LogP contribution in [0.4, 0.5) is 0 Å². The first-order valence-electron chi connectivity index (χ1n) is 7.38. The Kier molecular flexibility index (Phi) is 5.14. The Bertz CT molecular complexity index is 762. The number of benzene rings is 1. The van der Waals surface area contributed by atoms with Gasteiger partial charge in [0.05, 0.1) is 4.90 Å². The summed E-state index contributed by atoms with van der Waals surface area (Å²) in [5.41, 5.74) is 0.929. The first-order valence-corrected chi connectivity index (χ1v) is 11.3. The van der Waals surface area contributed by atoms with Crippen LogP contribution in [0.5, 0.6) is 0 Å². The van der Waals surface area contributed by atoms with Gasteiger partial charge in [0.1, 0.15) is 5.84 Å².